The Hall–Kier alpha value is -2.73. The second-order valence-electron chi connectivity index (χ2n) is 5.90. The van der Waals surface area contributed by atoms with Crippen LogP contribution in [0.4, 0.5) is 0 Å². The van der Waals surface area contributed by atoms with Gasteiger partial charge in [0.2, 0.25) is 5.91 Å². The molecule has 0 saturated heterocycles. The van der Waals surface area contributed by atoms with Crippen LogP contribution in [0.1, 0.15) is 24.0 Å². The summed E-state index contributed by atoms with van der Waals surface area (Å²) in [6.07, 6.45) is 0.718. The van der Waals surface area contributed by atoms with E-state index in [0.29, 0.717) is 36.1 Å². The van der Waals surface area contributed by atoms with Crippen molar-refractivity contribution in [3.63, 3.8) is 0 Å². The summed E-state index contributed by atoms with van der Waals surface area (Å²) < 4.78 is 10.7. The minimum atomic E-state index is -0.833. The number of carbonyl (C=O) groups excluding carboxylic acids is 1. The summed E-state index contributed by atoms with van der Waals surface area (Å²) in [4.78, 5) is 22.6. The number of hydrogen-bond donors (Lipinski definition) is 2. The molecular weight excluding hydrogens is 370 g/mol. The van der Waals surface area contributed by atoms with Crippen molar-refractivity contribution in [1.82, 2.24) is 5.32 Å². The Balaban J connectivity index is 1.80. The molecule has 144 valence electrons. The van der Waals surface area contributed by atoms with Gasteiger partial charge < -0.3 is 19.9 Å². The van der Waals surface area contributed by atoms with E-state index in [1.807, 2.05) is 12.1 Å². The van der Waals surface area contributed by atoms with Crippen LogP contribution in [0, 0.1) is 0 Å². The number of amides is 1. The number of rotatable bonds is 10. The molecule has 0 fully saturated rings. The molecule has 2 aromatic carbocycles. The van der Waals surface area contributed by atoms with Crippen LogP contribution in [0.25, 0.3) is 0 Å². The van der Waals surface area contributed by atoms with Gasteiger partial charge in [0.05, 0.1) is 20.1 Å². The van der Waals surface area contributed by atoms with E-state index in [0.717, 1.165) is 11.1 Å². The normalized spacial score (nSPS) is 10.3. The number of benzene rings is 2. The molecule has 0 aliphatic carbocycles. The van der Waals surface area contributed by atoms with E-state index < -0.39 is 5.97 Å². The number of carboxylic acids is 1. The first-order valence-corrected chi connectivity index (χ1v) is 8.88. The highest BCUT2D eigenvalue weighted by Gasteiger charge is 2.09. The van der Waals surface area contributed by atoms with Crippen LogP contribution in [0.2, 0.25) is 5.02 Å². The molecule has 2 N–H and O–H groups in total. The molecule has 0 spiro atoms. The van der Waals surface area contributed by atoms with E-state index in [-0.39, 0.29) is 18.7 Å². The third kappa shape index (κ3) is 7.19. The third-order valence-electron chi connectivity index (χ3n) is 3.81. The zero-order valence-electron chi connectivity index (χ0n) is 15.0. The Morgan fingerprint density at radius 2 is 1.89 bits per heavy atom. The van der Waals surface area contributed by atoms with E-state index in [1.54, 1.807) is 37.4 Å². The predicted molar refractivity (Wildman–Crippen MR) is 102 cm³/mol. The fraction of sp³-hybridized carbons (Fsp3) is 0.300. The number of hydrogen-bond acceptors (Lipinski definition) is 4. The van der Waals surface area contributed by atoms with Crippen molar-refractivity contribution >= 4 is 23.5 Å². The molecule has 2 rings (SSSR count). The van der Waals surface area contributed by atoms with Crippen LogP contribution in [0.15, 0.2) is 42.5 Å². The molecule has 0 saturated carbocycles. The zero-order valence-corrected chi connectivity index (χ0v) is 15.8. The van der Waals surface area contributed by atoms with Crippen molar-refractivity contribution in [3.8, 4) is 11.5 Å². The van der Waals surface area contributed by atoms with E-state index in [4.69, 9.17) is 26.2 Å². The quantitative estimate of drug-likeness (QED) is 0.606. The zero-order chi connectivity index (χ0) is 19.6. The summed E-state index contributed by atoms with van der Waals surface area (Å²) in [5.41, 5.74) is 1.66. The van der Waals surface area contributed by atoms with Gasteiger partial charge in [-0.3, -0.25) is 9.59 Å². The molecule has 0 unspecified atom stereocenters. The molecule has 0 aromatic heterocycles. The fourth-order valence-electron chi connectivity index (χ4n) is 2.44. The summed E-state index contributed by atoms with van der Waals surface area (Å²) in [7, 11) is 1.55. The van der Waals surface area contributed by atoms with Crippen molar-refractivity contribution in [3.05, 3.63) is 58.6 Å². The van der Waals surface area contributed by atoms with Crippen molar-refractivity contribution in [2.24, 2.45) is 0 Å². The number of ether oxygens (including phenoxy) is 2. The molecule has 0 heterocycles. The van der Waals surface area contributed by atoms with Crippen LogP contribution in [0.5, 0.6) is 11.5 Å². The number of carbonyl (C=O) groups is 2. The van der Waals surface area contributed by atoms with Gasteiger partial charge in [0.15, 0.2) is 0 Å². The Morgan fingerprint density at radius 3 is 2.56 bits per heavy atom. The lowest BCUT2D eigenvalue weighted by Crippen LogP contribution is -2.24. The Kier molecular flexibility index (Phi) is 7.95. The Labute approximate surface area is 163 Å². The fourth-order valence-corrected chi connectivity index (χ4v) is 2.63. The van der Waals surface area contributed by atoms with Gasteiger partial charge in [0, 0.05) is 23.6 Å². The minimum absolute atomic E-state index is 0.0848. The van der Waals surface area contributed by atoms with Crippen LogP contribution < -0.4 is 14.8 Å². The summed E-state index contributed by atoms with van der Waals surface area (Å²) in [6.45, 7) is 0.741. The number of halogens is 1. The number of methoxy groups -OCH3 is 1. The number of nitrogens with one attached hydrogen (secondary N) is 1. The maximum atomic E-state index is 12.2. The van der Waals surface area contributed by atoms with Gasteiger partial charge in [-0.2, -0.15) is 0 Å². The van der Waals surface area contributed by atoms with Crippen molar-refractivity contribution in [2.75, 3.05) is 13.7 Å². The summed E-state index contributed by atoms with van der Waals surface area (Å²) in [5, 5.41) is 12.0. The van der Waals surface area contributed by atoms with Crippen molar-refractivity contribution in [2.45, 2.75) is 25.8 Å². The summed E-state index contributed by atoms with van der Waals surface area (Å²) in [5.74, 6) is 0.322. The lowest BCUT2D eigenvalue weighted by atomic mass is 10.1. The largest absolute Gasteiger partial charge is 0.496 e. The first-order valence-electron chi connectivity index (χ1n) is 8.50. The lowest BCUT2D eigenvalue weighted by molar-refractivity contribution is -0.137. The summed E-state index contributed by atoms with van der Waals surface area (Å²) >= 11 is 5.98. The second-order valence-corrected chi connectivity index (χ2v) is 6.34. The Bertz CT molecular complexity index is 776. The molecule has 0 aliphatic heterocycles. The third-order valence-corrected chi connectivity index (χ3v) is 4.05. The van der Waals surface area contributed by atoms with Gasteiger partial charge in [-0.15, -0.1) is 0 Å². The lowest BCUT2D eigenvalue weighted by Gasteiger charge is -2.10. The van der Waals surface area contributed by atoms with Gasteiger partial charge in [-0.25, -0.2) is 0 Å². The monoisotopic (exact) mass is 391 g/mol. The second kappa shape index (κ2) is 10.4. The van der Waals surface area contributed by atoms with Crippen molar-refractivity contribution < 1.29 is 24.2 Å². The first-order chi connectivity index (χ1) is 13.0. The van der Waals surface area contributed by atoms with Gasteiger partial charge in [-0.1, -0.05) is 23.7 Å². The smallest absolute Gasteiger partial charge is 0.303 e. The molecule has 0 atom stereocenters. The average molecular weight is 392 g/mol. The standard InChI is InChI=1S/C20H22ClNO5/c1-26-18-9-6-16(21)11-15(18)12-19(23)22-13-14-4-7-17(8-5-14)27-10-2-3-20(24)25/h4-9,11H,2-3,10,12-13H2,1H3,(H,22,23)(H,24,25). The molecule has 0 radical (unpaired) electrons. The summed E-state index contributed by atoms with van der Waals surface area (Å²) in [6, 6.07) is 12.5. The molecule has 6 nitrogen and oxygen atoms in total. The average Bonchev–Trinajstić information content (AvgIpc) is 2.64. The van der Waals surface area contributed by atoms with E-state index in [9.17, 15) is 9.59 Å². The number of carboxylic acid groups (broad SMARTS) is 1. The van der Waals surface area contributed by atoms with Crippen LogP contribution in [-0.4, -0.2) is 30.7 Å². The van der Waals surface area contributed by atoms with E-state index in [1.165, 1.54) is 0 Å². The SMILES string of the molecule is COc1ccc(Cl)cc1CC(=O)NCc1ccc(OCCCC(=O)O)cc1. The van der Waals surface area contributed by atoms with Gasteiger partial charge in [0.1, 0.15) is 11.5 Å². The highest BCUT2D eigenvalue weighted by Crippen LogP contribution is 2.23. The highest BCUT2D eigenvalue weighted by atomic mass is 35.5. The van der Waals surface area contributed by atoms with Crippen LogP contribution >= 0.6 is 11.6 Å². The number of aliphatic carboxylic acids is 1. The minimum Gasteiger partial charge on any atom is -0.496 e. The van der Waals surface area contributed by atoms with Gasteiger partial charge in [0.25, 0.3) is 0 Å². The molecule has 27 heavy (non-hydrogen) atoms. The molecule has 1 amide bonds. The Morgan fingerprint density at radius 1 is 1.15 bits per heavy atom. The van der Waals surface area contributed by atoms with Crippen LogP contribution in [0.3, 0.4) is 0 Å². The maximum absolute atomic E-state index is 12.2. The van der Waals surface area contributed by atoms with E-state index in [2.05, 4.69) is 5.32 Å². The van der Waals surface area contributed by atoms with Crippen molar-refractivity contribution in [1.29, 1.82) is 0 Å². The molecule has 7 heteroatoms. The maximum Gasteiger partial charge on any atom is 0.303 e. The highest BCUT2D eigenvalue weighted by molar-refractivity contribution is 6.30. The molecular formula is C20H22ClNO5. The first kappa shape index (κ1) is 20.6. The van der Waals surface area contributed by atoms with Gasteiger partial charge in [-0.05, 0) is 42.3 Å². The molecule has 0 aliphatic rings. The van der Waals surface area contributed by atoms with E-state index >= 15 is 0 Å². The van der Waals surface area contributed by atoms with Gasteiger partial charge >= 0.3 is 5.97 Å². The molecule has 2 aromatic rings. The predicted octanol–water partition coefficient (Wildman–Crippen LogP) is 3.45. The molecule has 0 bridgehead atoms. The topological polar surface area (TPSA) is 84.9 Å². The van der Waals surface area contributed by atoms with Crippen LogP contribution in [-0.2, 0) is 22.6 Å².